The lowest BCUT2D eigenvalue weighted by Crippen LogP contribution is -2.33. The van der Waals surface area contributed by atoms with Gasteiger partial charge in [0.15, 0.2) is 0 Å². The minimum absolute atomic E-state index is 0.325. The second-order valence-corrected chi connectivity index (χ2v) is 6.19. The molecule has 0 radical (unpaired) electrons. The van der Waals surface area contributed by atoms with Crippen molar-refractivity contribution in [1.29, 1.82) is 0 Å². The van der Waals surface area contributed by atoms with E-state index in [1.165, 1.54) is 11.1 Å². The molecule has 0 aliphatic rings. The molecule has 20 heavy (non-hydrogen) atoms. The summed E-state index contributed by atoms with van der Waals surface area (Å²) in [6.45, 7) is 12.6. The lowest BCUT2D eigenvalue weighted by molar-refractivity contribution is 0.106. The number of benzene rings is 1. The van der Waals surface area contributed by atoms with Gasteiger partial charge in [-0.25, -0.2) is 0 Å². The van der Waals surface area contributed by atoms with E-state index in [4.69, 9.17) is 4.74 Å². The van der Waals surface area contributed by atoms with Crippen LogP contribution in [0.5, 0.6) is 5.75 Å². The first-order valence-corrected chi connectivity index (χ1v) is 7.52. The summed E-state index contributed by atoms with van der Waals surface area (Å²) in [5.74, 6) is 1.94. The number of rotatable bonds is 8. The highest BCUT2D eigenvalue weighted by Crippen LogP contribution is 2.23. The first-order valence-electron chi connectivity index (χ1n) is 7.52. The molecule has 1 unspecified atom stereocenters. The number of nitrogens with one attached hydrogen (secondary N) is 1. The molecule has 2 N–H and O–H groups in total. The Labute approximate surface area is 123 Å². The van der Waals surface area contributed by atoms with E-state index in [1.807, 2.05) is 12.1 Å². The van der Waals surface area contributed by atoms with Crippen LogP contribution >= 0.6 is 0 Å². The van der Waals surface area contributed by atoms with Gasteiger partial charge in [-0.05, 0) is 48.6 Å². The fourth-order valence-corrected chi connectivity index (χ4v) is 2.18. The zero-order valence-electron chi connectivity index (χ0n) is 13.4. The lowest BCUT2D eigenvalue weighted by atomic mass is 9.98. The van der Waals surface area contributed by atoms with Crippen LogP contribution in [0.3, 0.4) is 0 Å². The summed E-state index contributed by atoms with van der Waals surface area (Å²) in [7, 11) is 0. The molecule has 0 bridgehead atoms. The van der Waals surface area contributed by atoms with Crippen molar-refractivity contribution in [2.24, 2.45) is 5.92 Å². The van der Waals surface area contributed by atoms with Gasteiger partial charge in [0.2, 0.25) is 0 Å². The van der Waals surface area contributed by atoms with Crippen LogP contribution in [-0.2, 0) is 0 Å². The van der Waals surface area contributed by atoms with Crippen molar-refractivity contribution in [2.45, 2.75) is 46.6 Å². The number of aliphatic hydroxyl groups is 1. The molecule has 114 valence electrons. The second kappa shape index (κ2) is 8.28. The Kier molecular flexibility index (Phi) is 7.03. The molecule has 0 aliphatic carbocycles. The van der Waals surface area contributed by atoms with Crippen LogP contribution in [0.1, 0.15) is 44.7 Å². The van der Waals surface area contributed by atoms with Gasteiger partial charge in [-0.1, -0.05) is 33.8 Å². The second-order valence-electron chi connectivity index (χ2n) is 6.19. The first kappa shape index (κ1) is 17.0. The molecule has 0 spiro atoms. The normalized spacial score (nSPS) is 13.0. The topological polar surface area (TPSA) is 41.5 Å². The average Bonchev–Trinajstić information content (AvgIpc) is 2.35. The molecule has 1 rings (SSSR count). The average molecular weight is 279 g/mol. The van der Waals surface area contributed by atoms with Crippen LogP contribution in [0.4, 0.5) is 0 Å². The standard InChI is InChI=1S/C17H29NO2/c1-12(2)9-18-10-15(19)11-20-16-6-7-17(13(3)4)14(5)8-16/h6-8,12-13,15,18-19H,9-11H2,1-5H3. The van der Waals surface area contributed by atoms with Crippen molar-refractivity contribution in [1.82, 2.24) is 5.32 Å². The van der Waals surface area contributed by atoms with Crippen LogP contribution < -0.4 is 10.1 Å². The fraction of sp³-hybridized carbons (Fsp3) is 0.647. The smallest absolute Gasteiger partial charge is 0.119 e. The van der Waals surface area contributed by atoms with E-state index in [9.17, 15) is 5.11 Å². The Hall–Kier alpha value is -1.06. The predicted molar refractivity (Wildman–Crippen MR) is 84.5 cm³/mol. The van der Waals surface area contributed by atoms with Gasteiger partial charge in [-0.3, -0.25) is 0 Å². The van der Waals surface area contributed by atoms with E-state index in [2.05, 4.69) is 46.0 Å². The Morgan fingerprint density at radius 1 is 1.15 bits per heavy atom. The van der Waals surface area contributed by atoms with Crippen molar-refractivity contribution in [3.8, 4) is 5.75 Å². The predicted octanol–water partition coefficient (Wildman–Crippen LogP) is 3.10. The summed E-state index contributed by atoms with van der Waals surface area (Å²) in [5, 5.41) is 13.1. The zero-order valence-corrected chi connectivity index (χ0v) is 13.4. The number of aryl methyl sites for hydroxylation is 1. The van der Waals surface area contributed by atoms with Gasteiger partial charge < -0.3 is 15.2 Å². The van der Waals surface area contributed by atoms with Crippen LogP contribution in [-0.4, -0.2) is 30.9 Å². The summed E-state index contributed by atoms with van der Waals surface area (Å²) in [6.07, 6.45) is -0.473. The molecular weight excluding hydrogens is 250 g/mol. The number of hydrogen-bond donors (Lipinski definition) is 2. The SMILES string of the molecule is Cc1cc(OCC(O)CNCC(C)C)ccc1C(C)C. The molecule has 0 saturated carbocycles. The van der Waals surface area contributed by atoms with Crippen LogP contribution in [0.25, 0.3) is 0 Å². The highest BCUT2D eigenvalue weighted by molar-refractivity contribution is 5.36. The highest BCUT2D eigenvalue weighted by atomic mass is 16.5. The Balaban J connectivity index is 2.40. The molecule has 0 fully saturated rings. The summed E-state index contributed by atoms with van der Waals surface area (Å²) < 4.78 is 5.65. The van der Waals surface area contributed by atoms with Gasteiger partial charge in [-0.15, -0.1) is 0 Å². The number of ether oxygens (including phenoxy) is 1. The zero-order chi connectivity index (χ0) is 15.1. The molecule has 1 aromatic carbocycles. The third-order valence-electron chi connectivity index (χ3n) is 3.24. The van der Waals surface area contributed by atoms with E-state index >= 15 is 0 Å². The maximum absolute atomic E-state index is 9.85. The van der Waals surface area contributed by atoms with Crippen molar-refractivity contribution >= 4 is 0 Å². The summed E-state index contributed by atoms with van der Waals surface area (Å²) >= 11 is 0. The molecule has 3 nitrogen and oxygen atoms in total. The van der Waals surface area contributed by atoms with Gasteiger partial charge >= 0.3 is 0 Å². The maximum atomic E-state index is 9.85. The van der Waals surface area contributed by atoms with E-state index in [0.717, 1.165) is 12.3 Å². The molecule has 0 aromatic heterocycles. The quantitative estimate of drug-likeness (QED) is 0.768. The van der Waals surface area contributed by atoms with Crippen molar-refractivity contribution < 1.29 is 9.84 Å². The van der Waals surface area contributed by atoms with Crippen LogP contribution in [0, 0.1) is 12.8 Å². The molecule has 0 saturated heterocycles. The molecular formula is C17H29NO2. The van der Waals surface area contributed by atoms with Crippen molar-refractivity contribution in [2.75, 3.05) is 19.7 Å². The first-order chi connectivity index (χ1) is 9.40. The molecule has 1 aromatic rings. The molecule has 0 heterocycles. The maximum Gasteiger partial charge on any atom is 0.119 e. The minimum Gasteiger partial charge on any atom is -0.491 e. The van der Waals surface area contributed by atoms with Crippen molar-refractivity contribution in [3.63, 3.8) is 0 Å². The molecule has 0 amide bonds. The van der Waals surface area contributed by atoms with Crippen LogP contribution in [0.2, 0.25) is 0 Å². The minimum atomic E-state index is -0.473. The summed E-state index contributed by atoms with van der Waals surface area (Å²) in [5.41, 5.74) is 2.58. The third-order valence-corrected chi connectivity index (χ3v) is 3.24. The Morgan fingerprint density at radius 2 is 1.85 bits per heavy atom. The van der Waals surface area contributed by atoms with E-state index in [1.54, 1.807) is 0 Å². The molecule has 0 aliphatic heterocycles. The van der Waals surface area contributed by atoms with E-state index < -0.39 is 6.10 Å². The molecule has 3 heteroatoms. The van der Waals surface area contributed by atoms with Gasteiger partial charge in [0, 0.05) is 6.54 Å². The largest absolute Gasteiger partial charge is 0.491 e. The van der Waals surface area contributed by atoms with E-state index in [-0.39, 0.29) is 0 Å². The molecule has 1 atom stereocenters. The summed E-state index contributed by atoms with van der Waals surface area (Å²) in [6, 6.07) is 6.14. The Morgan fingerprint density at radius 3 is 2.40 bits per heavy atom. The fourth-order valence-electron chi connectivity index (χ4n) is 2.18. The Bertz CT molecular complexity index is 402. The lowest BCUT2D eigenvalue weighted by Gasteiger charge is -2.16. The number of aliphatic hydroxyl groups excluding tert-OH is 1. The monoisotopic (exact) mass is 279 g/mol. The van der Waals surface area contributed by atoms with Crippen LogP contribution in [0.15, 0.2) is 18.2 Å². The summed E-state index contributed by atoms with van der Waals surface area (Å²) in [4.78, 5) is 0. The van der Waals surface area contributed by atoms with Gasteiger partial charge in [0.1, 0.15) is 18.5 Å². The van der Waals surface area contributed by atoms with Crippen molar-refractivity contribution in [3.05, 3.63) is 29.3 Å². The van der Waals surface area contributed by atoms with Gasteiger partial charge in [-0.2, -0.15) is 0 Å². The highest BCUT2D eigenvalue weighted by Gasteiger charge is 2.08. The van der Waals surface area contributed by atoms with E-state index in [0.29, 0.717) is 25.0 Å². The third kappa shape index (κ3) is 5.93. The number of hydrogen-bond acceptors (Lipinski definition) is 3. The van der Waals surface area contributed by atoms with Gasteiger partial charge in [0.05, 0.1) is 0 Å². The van der Waals surface area contributed by atoms with Gasteiger partial charge in [0.25, 0.3) is 0 Å².